The van der Waals surface area contributed by atoms with E-state index in [0.717, 1.165) is 24.0 Å². The first-order valence-corrected chi connectivity index (χ1v) is 7.13. The monoisotopic (exact) mass is 288 g/mol. The van der Waals surface area contributed by atoms with Gasteiger partial charge in [-0.1, -0.05) is 49.7 Å². The Balaban J connectivity index is 2.46. The van der Waals surface area contributed by atoms with E-state index in [9.17, 15) is 4.79 Å². The number of carbonyl (C=O) groups excluding carboxylic acids is 1. The minimum absolute atomic E-state index is 0.468. The smallest absolute Gasteiger partial charge is 0.253 e. The molecule has 0 unspecified atom stereocenters. The summed E-state index contributed by atoms with van der Waals surface area (Å²) in [7, 11) is 0. The summed E-state index contributed by atoms with van der Waals surface area (Å²) < 4.78 is 5.81. The Morgan fingerprint density at radius 3 is 2.50 bits per heavy atom. The number of hydrogen-bond donors (Lipinski definition) is 0. The lowest BCUT2D eigenvalue weighted by Crippen LogP contribution is -2.01. The average Bonchev–Trinajstić information content (AvgIpc) is 2.48. The van der Waals surface area contributed by atoms with Crippen LogP contribution in [0.1, 0.15) is 30.1 Å². The van der Waals surface area contributed by atoms with Gasteiger partial charge in [0.1, 0.15) is 5.75 Å². The molecular formula is C17H17ClO2. The summed E-state index contributed by atoms with van der Waals surface area (Å²) in [5, 5.41) is -0.468. The van der Waals surface area contributed by atoms with Crippen LogP contribution in [-0.4, -0.2) is 11.8 Å². The van der Waals surface area contributed by atoms with Crippen LogP contribution in [0.5, 0.6) is 5.75 Å². The van der Waals surface area contributed by atoms with Crippen molar-refractivity contribution in [2.75, 3.05) is 6.61 Å². The van der Waals surface area contributed by atoms with Gasteiger partial charge in [0.15, 0.2) is 0 Å². The van der Waals surface area contributed by atoms with Crippen LogP contribution in [0.3, 0.4) is 0 Å². The molecule has 104 valence electrons. The van der Waals surface area contributed by atoms with Crippen LogP contribution in [0.4, 0.5) is 0 Å². The van der Waals surface area contributed by atoms with Gasteiger partial charge in [-0.05, 0) is 35.7 Å². The molecule has 2 aromatic carbocycles. The predicted octanol–water partition coefficient (Wildman–Crippen LogP) is 4.91. The van der Waals surface area contributed by atoms with Crippen molar-refractivity contribution in [2.45, 2.75) is 19.8 Å². The summed E-state index contributed by atoms with van der Waals surface area (Å²) in [6, 6.07) is 15.1. The Morgan fingerprint density at radius 1 is 1.10 bits per heavy atom. The van der Waals surface area contributed by atoms with Crippen molar-refractivity contribution in [2.24, 2.45) is 0 Å². The van der Waals surface area contributed by atoms with Gasteiger partial charge in [-0.25, -0.2) is 0 Å². The molecule has 0 aliphatic rings. The third-order valence-electron chi connectivity index (χ3n) is 3.06. The number of halogens is 1. The summed E-state index contributed by atoms with van der Waals surface area (Å²) in [5.74, 6) is 0.705. The van der Waals surface area contributed by atoms with Crippen molar-refractivity contribution in [3.05, 3.63) is 54.1 Å². The third kappa shape index (κ3) is 3.40. The standard InChI is InChI=1S/C17H17ClO2/c1-2-3-12-20-15-11-7-10-14(17(18)19)16(15)13-8-5-4-6-9-13/h4-11H,2-3,12H2,1H3. The van der Waals surface area contributed by atoms with Gasteiger partial charge in [0.2, 0.25) is 0 Å². The van der Waals surface area contributed by atoms with E-state index in [1.165, 1.54) is 0 Å². The molecule has 0 bridgehead atoms. The summed E-state index contributed by atoms with van der Waals surface area (Å²) in [6.45, 7) is 2.75. The molecule has 0 fully saturated rings. The highest BCUT2D eigenvalue weighted by molar-refractivity contribution is 6.68. The normalized spacial score (nSPS) is 10.3. The van der Waals surface area contributed by atoms with Crippen LogP contribution in [0.15, 0.2) is 48.5 Å². The molecule has 0 amide bonds. The van der Waals surface area contributed by atoms with Gasteiger partial charge in [0.25, 0.3) is 5.24 Å². The van der Waals surface area contributed by atoms with E-state index < -0.39 is 5.24 Å². The average molecular weight is 289 g/mol. The van der Waals surface area contributed by atoms with Crippen molar-refractivity contribution in [1.29, 1.82) is 0 Å². The lowest BCUT2D eigenvalue weighted by molar-refractivity contribution is 0.108. The number of unbranched alkanes of at least 4 members (excludes halogenated alkanes) is 1. The quantitative estimate of drug-likeness (QED) is 0.557. The van der Waals surface area contributed by atoms with Crippen LogP contribution in [0, 0.1) is 0 Å². The topological polar surface area (TPSA) is 26.3 Å². The minimum Gasteiger partial charge on any atom is -0.493 e. The van der Waals surface area contributed by atoms with Gasteiger partial charge in [-0.15, -0.1) is 0 Å². The van der Waals surface area contributed by atoms with Crippen LogP contribution >= 0.6 is 11.6 Å². The Kier molecular flexibility index (Phi) is 5.19. The van der Waals surface area contributed by atoms with Gasteiger partial charge in [-0.3, -0.25) is 4.79 Å². The van der Waals surface area contributed by atoms with E-state index in [2.05, 4.69) is 6.92 Å². The van der Waals surface area contributed by atoms with Gasteiger partial charge in [-0.2, -0.15) is 0 Å². The molecule has 0 radical (unpaired) electrons. The van der Waals surface area contributed by atoms with E-state index in [1.807, 2.05) is 36.4 Å². The molecule has 3 heteroatoms. The minimum atomic E-state index is -0.468. The first kappa shape index (κ1) is 14.6. The molecule has 0 aliphatic heterocycles. The van der Waals surface area contributed by atoms with Crippen molar-refractivity contribution in [3.63, 3.8) is 0 Å². The maximum absolute atomic E-state index is 11.6. The summed E-state index contributed by atoms with van der Waals surface area (Å²) in [4.78, 5) is 11.6. The fraction of sp³-hybridized carbons (Fsp3) is 0.235. The van der Waals surface area contributed by atoms with Gasteiger partial charge >= 0.3 is 0 Å². The molecule has 2 rings (SSSR count). The van der Waals surface area contributed by atoms with Crippen molar-refractivity contribution < 1.29 is 9.53 Å². The molecule has 0 saturated heterocycles. The Morgan fingerprint density at radius 2 is 1.85 bits per heavy atom. The lowest BCUT2D eigenvalue weighted by atomic mass is 9.99. The van der Waals surface area contributed by atoms with E-state index in [1.54, 1.807) is 12.1 Å². The number of benzene rings is 2. The van der Waals surface area contributed by atoms with E-state index in [-0.39, 0.29) is 0 Å². The van der Waals surface area contributed by atoms with Gasteiger partial charge < -0.3 is 4.74 Å². The highest BCUT2D eigenvalue weighted by atomic mass is 35.5. The van der Waals surface area contributed by atoms with E-state index >= 15 is 0 Å². The molecule has 2 nitrogen and oxygen atoms in total. The van der Waals surface area contributed by atoms with Crippen LogP contribution in [0.25, 0.3) is 11.1 Å². The second-order valence-electron chi connectivity index (χ2n) is 4.52. The number of rotatable bonds is 6. The maximum atomic E-state index is 11.6. The highest BCUT2D eigenvalue weighted by Gasteiger charge is 2.15. The van der Waals surface area contributed by atoms with E-state index in [4.69, 9.17) is 16.3 Å². The molecule has 0 spiro atoms. The number of carbonyl (C=O) groups is 1. The Hall–Kier alpha value is -1.80. The van der Waals surface area contributed by atoms with E-state index in [0.29, 0.717) is 17.9 Å². The summed E-state index contributed by atoms with van der Waals surface area (Å²) in [6.07, 6.45) is 2.04. The molecular weight excluding hydrogens is 272 g/mol. The maximum Gasteiger partial charge on any atom is 0.253 e. The van der Waals surface area contributed by atoms with Gasteiger partial charge in [0.05, 0.1) is 6.61 Å². The lowest BCUT2D eigenvalue weighted by Gasteiger charge is -2.14. The summed E-state index contributed by atoms with van der Waals surface area (Å²) in [5.41, 5.74) is 2.18. The second-order valence-corrected chi connectivity index (χ2v) is 4.86. The Bertz CT molecular complexity index is 579. The number of hydrogen-bond acceptors (Lipinski definition) is 2. The zero-order valence-electron chi connectivity index (χ0n) is 11.4. The second kappa shape index (κ2) is 7.11. The predicted molar refractivity (Wildman–Crippen MR) is 82.5 cm³/mol. The largest absolute Gasteiger partial charge is 0.493 e. The van der Waals surface area contributed by atoms with Crippen molar-refractivity contribution >= 4 is 16.8 Å². The highest BCUT2D eigenvalue weighted by Crippen LogP contribution is 2.34. The molecule has 0 heterocycles. The molecule has 0 saturated carbocycles. The van der Waals surface area contributed by atoms with Crippen molar-refractivity contribution in [3.8, 4) is 16.9 Å². The molecule has 20 heavy (non-hydrogen) atoms. The fourth-order valence-electron chi connectivity index (χ4n) is 2.04. The molecule has 2 aromatic rings. The Labute approximate surface area is 124 Å². The molecule has 0 aromatic heterocycles. The third-order valence-corrected chi connectivity index (χ3v) is 3.26. The first-order chi connectivity index (χ1) is 9.74. The zero-order chi connectivity index (χ0) is 14.4. The van der Waals surface area contributed by atoms with Gasteiger partial charge in [0, 0.05) is 11.1 Å². The molecule has 0 atom stereocenters. The SMILES string of the molecule is CCCCOc1cccc(C(=O)Cl)c1-c1ccccc1. The van der Waals surface area contributed by atoms with Crippen LogP contribution < -0.4 is 4.74 Å². The van der Waals surface area contributed by atoms with Crippen molar-refractivity contribution in [1.82, 2.24) is 0 Å². The number of ether oxygens (including phenoxy) is 1. The summed E-state index contributed by atoms with van der Waals surface area (Å²) >= 11 is 5.70. The van der Waals surface area contributed by atoms with Crippen LogP contribution in [-0.2, 0) is 0 Å². The molecule has 0 aliphatic carbocycles. The first-order valence-electron chi connectivity index (χ1n) is 6.75. The van der Waals surface area contributed by atoms with Crippen LogP contribution in [0.2, 0.25) is 0 Å². The fourth-order valence-corrected chi connectivity index (χ4v) is 2.20. The zero-order valence-corrected chi connectivity index (χ0v) is 12.2. The molecule has 0 N–H and O–H groups in total.